The van der Waals surface area contributed by atoms with E-state index in [2.05, 4.69) is 54.1 Å². The van der Waals surface area contributed by atoms with Gasteiger partial charge >= 0.3 is 8.25 Å². The first-order valence-corrected chi connectivity index (χ1v) is 23.2. The van der Waals surface area contributed by atoms with Gasteiger partial charge in [-0.1, -0.05) is 89.2 Å². The van der Waals surface area contributed by atoms with Crippen LogP contribution in [0.15, 0.2) is 90.0 Å². The van der Waals surface area contributed by atoms with Crippen molar-refractivity contribution in [1.29, 1.82) is 0 Å². The minimum absolute atomic E-state index is 0.0368. The van der Waals surface area contributed by atoms with Crippen molar-refractivity contribution < 1.29 is 42.2 Å². The largest absolute Gasteiger partial charge is 0.497 e. The number of ether oxygens (including phenoxy) is 4. The summed E-state index contributed by atoms with van der Waals surface area (Å²) >= 11 is 0. The van der Waals surface area contributed by atoms with Gasteiger partial charge in [-0.2, -0.15) is 4.98 Å². The van der Waals surface area contributed by atoms with Crippen molar-refractivity contribution in [3.05, 3.63) is 112 Å². The second kappa shape index (κ2) is 17.3. The van der Waals surface area contributed by atoms with E-state index in [0.717, 1.165) is 16.7 Å². The van der Waals surface area contributed by atoms with Crippen LogP contribution in [0.4, 0.5) is 5.95 Å². The Bertz CT molecular complexity index is 2230. The van der Waals surface area contributed by atoms with Gasteiger partial charge in [0.2, 0.25) is 11.9 Å². The highest BCUT2D eigenvalue weighted by molar-refractivity contribution is 7.32. The fourth-order valence-corrected chi connectivity index (χ4v) is 8.48. The summed E-state index contributed by atoms with van der Waals surface area (Å²) in [5.74, 6) is 0.482. The van der Waals surface area contributed by atoms with Crippen LogP contribution in [0.25, 0.3) is 11.2 Å². The van der Waals surface area contributed by atoms with Gasteiger partial charge in [0, 0.05) is 5.92 Å². The van der Waals surface area contributed by atoms with E-state index in [-0.39, 0.29) is 34.7 Å². The average Bonchev–Trinajstić information content (AvgIpc) is 3.76. The van der Waals surface area contributed by atoms with Crippen LogP contribution in [0.3, 0.4) is 0 Å². The van der Waals surface area contributed by atoms with Gasteiger partial charge in [0.05, 0.1) is 27.2 Å². The third kappa shape index (κ3) is 8.69. The molecule has 3 N–H and O–H groups in total. The molecule has 2 unspecified atom stereocenters. The second-order valence-corrected chi connectivity index (χ2v) is 21.5. The Balaban J connectivity index is 1.51. The summed E-state index contributed by atoms with van der Waals surface area (Å²) in [6.45, 7) is 13.7. The molecule has 5 aromatic rings. The molecule has 1 fully saturated rings. The van der Waals surface area contributed by atoms with E-state index >= 15 is 0 Å². The van der Waals surface area contributed by atoms with Crippen LogP contribution < -0.4 is 20.3 Å². The third-order valence-electron chi connectivity index (χ3n) is 10.9. The highest BCUT2D eigenvalue weighted by Gasteiger charge is 2.53. The molecule has 0 radical (unpaired) electrons. The van der Waals surface area contributed by atoms with Crippen LogP contribution in [0.5, 0.6) is 11.5 Å². The number of amides is 1. The van der Waals surface area contributed by atoms with E-state index in [4.69, 9.17) is 27.9 Å². The van der Waals surface area contributed by atoms with Gasteiger partial charge in [-0.15, -0.1) is 0 Å². The molecule has 6 rings (SSSR count). The summed E-state index contributed by atoms with van der Waals surface area (Å²) < 4.78 is 52.2. The minimum Gasteiger partial charge on any atom is -0.497 e. The zero-order valence-corrected chi connectivity index (χ0v) is 36.1. The van der Waals surface area contributed by atoms with Crippen LogP contribution in [-0.4, -0.2) is 77.8 Å². The number of benzene rings is 3. The number of hydrogen-bond donors (Lipinski definition) is 3. The van der Waals surface area contributed by atoms with Gasteiger partial charge in [-0.05, 0) is 59.1 Å². The number of fused-ring (bicyclic) bond motifs is 1. The van der Waals surface area contributed by atoms with Crippen molar-refractivity contribution >= 4 is 39.6 Å². The molecule has 1 aliphatic rings. The van der Waals surface area contributed by atoms with Crippen molar-refractivity contribution in [2.45, 2.75) is 82.9 Å². The maximum Gasteiger partial charge on any atom is 0.317 e. The molecule has 3 aromatic carbocycles. The highest BCUT2D eigenvalue weighted by atomic mass is 31.1. The van der Waals surface area contributed by atoms with Crippen LogP contribution in [0.2, 0.25) is 18.1 Å². The number of rotatable bonds is 15. The van der Waals surface area contributed by atoms with Crippen LogP contribution in [-0.2, 0) is 33.4 Å². The van der Waals surface area contributed by atoms with Crippen LogP contribution in [0.1, 0.15) is 57.5 Å². The summed E-state index contributed by atoms with van der Waals surface area (Å²) in [5, 5.41) is 2.34. The van der Waals surface area contributed by atoms with E-state index < -0.39 is 58.2 Å². The molecule has 3 heterocycles. The van der Waals surface area contributed by atoms with Gasteiger partial charge < -0.3 is 28.3 Å². The number of anilines is 1. The molecule has 0 spiro atoms. The zero-order chi connectivity index (χ0) is 42.0. The lowest BCUT2D eigenvalue weighted by molar-refractivity contribution is -0.118. The summed E-state index contributed by atoms with van der Waals surface area (Å²) in [7, 11) is -3.06. The second-order valence-electron chi connectivity index (χ2n) is 16.0. The van der Waals surface area contributed by atoms with Gasteiger partial charge in [0.15, 0.2) is 25.7 Å². The van der Waals surface area contributed by atoms with Crippen molar-refractivity contribution in [3.8, 4) is 11.5 Å². The average molecular weight is 834 g/mol. The first kappa shape index (κ1) is 42.9. The van der Waals surface area contributed by atoms with E-state index in [1.807, 2.05) is 78.9 Å². The summed E-state index contributed by atoms with van der Waals surface area (Å²) in [6.07, 6.45) is -2.88. The minimum atomic E-state index is -3.60. The molecule has 0 saturated carbocycles. The number of carbonyl (C=O) groups excluding carboxylic acids is 1. The SMILES string of the molecule is COc1ccc(C(OC[C@H]2O[C@@H](n3cnc4c(=O)[nH]c(NC(=O)C(C)C)nc43)[C@@H](O[PH](=O)O)C2O[Si](C)(C)C(C)(C)C)(c2ccccc2)c2ccc(OC)cc2)cc1. The molecule has 58 heavy (non-hydrogen) atoms. The first-order chi connectivity index (χ1) is 27.5. The van der Waals surface area contributed by atoms with E-state index in [1.54, 1.807) is 28.1 Å². The van der Waals surface area contributed by atoms with Gasteiger partial charge in [0.1, 0.15) is 35.4 Å². The van der Waals surface area contributed by atoms with Crippen molar-refractivity contribution in [3.63, 3.8) is 0 Å². The molecule has 0 aliphatic carbocycles. The van der Waals surface area contributed by atoms with Crippen molar-refractivity contribution in [2.75, 3.05) is 26.1 Å². The lowest BCUT2D eigenvalue weighted by Gasteiger charge is -2.41. The monoisotopic (exact) mass is 833 g/mol. The Kier molecular flexibility index (Phi) is 12.8. The molecule has 5 atom stereocenters. The smallest absolute Gasteiger partial charge is 0.317 e. The normalized spacial score (nSPS) is 19.4. The Morgan fingerprint density at radius 1 is 0.948 bits per heavy atom. The van der Waals surface area contributed by atoms with Crippen molar-refractivity contribution in [2.24, 2.45) is 5.92 Å². The molecule has 1 aliphatic heterocycles. The van der Waals surface area contributed by atoms with Crippen LogP contribution >= 0.6 is 8.25 Å². The number of nitrogens with zero attached hydrogens (tertiary/aromatic N) is 3. The number of H-pyrrole nitrogens is 1. The molecule has 17 heteroatoms. The Labute approximate surface area is 339 Å². The molecule has 1 amide bonds. The topological polar surface area (TPSA) is 185 Å². The third-order valence-corrected chi connectivity index (χ3v) is 15.8. The highest BCUT2D eigenvalue weighted by Crippen LogP contribution is 2.47. The quantitative estimate of drug-likeness (QED) is 0.0571. The standard InChI is InChI=1S/C41H52N5O10PSi/c1-25(2)36(47)44-39-43-35-32(37(48)45-39)42-24-46(35)38-34(55-57(49)50)33(56-58(8,9)40(3,4)5)31(54-38)23-53-41(26-13-11-10-12-14-26,27-15-19-29(51-6)20-16-27)28-17-21-30(52-7)22-18-28/h10-22,24-25,31,33-34,38,57H,23H2,1-9H3,(H,49,50)(H2,43,44,45,47,48)/t31-,33?,34+,38-/m1/s1. The van der Waals surface area contributed by atoms with E-state index in [9.17, 15) is 19.0 Å². The van der Waals surface area contributed by atoms with E-state index in [0.29, 0.717) is 11.5 Å². The van der Waals surface area contributed by atoms with E-state index in [1.165, 1.54) is 10.9 Å². The van der Waals surface area contributed by atoms with Gasteiger partial charge in [-0.3, -0.25) is 33.5 Å². The summed E-state index contributed by atoms with van der Waals surface area (Å²) in [6, 6.07) is 25.0. The van der Waals surface area contributed by atoms with Gasteiger partial charge in [0.25, 0.3) is 5.56 Å². The predicted molar refractivity (Wildman–Crippen MR) is 222 cm³/mol. The lowest BCUT2D eigenvalue weighted by Crippen LogP contribution is -2.50. The first-order valence-electron chi connectivity index (χ1n) is 19.0. The molecular formula is C41H52N5O10PSi. The number of methoxy groups -OCH3 is 2. The van der Waals surface area contributed by atoms with Crippen LogP contribution in [0, 0.1) is 5.92 Å². The number of hydrogen-bond acceptors (Lipinski definition) is 11. The van der Waals surface area contributed by atoms with Gasteiger partial charge in [-0.25, -0.2) is 4.98 Å². The summed E-state index contributed by atoms with van der Waals surface area (Å²) in [5.41, 5.74) is 0.573. The Morgan fingerprint density at radius 3 is 2.03 bits per heavy atom. The fourth-order valence-electron chi connectivity index (χ4n) is 6.68. The molecule has 2 aromatic heterocycles. The predicted octanol–water partition coefficient (Wildman–Crippen LogP) is 6.80. The molecule has 310 valence electrons. The number of carbonyl (C=O) groups is 1. The number of aromatic nitrogens is 4. The molecule has 0 bridgehead atoms. The number of imidazole rings is 1. The molecule has 15 nitrogen and oxygen atoms in total. The Hall–Kier alpha value is -4.67. The summed E-state index contributed by atoms with van der Waals surface area (Å²) in [4.78, 5) is 47.6. The maximum atomic E-state index is 13.2. The Morgan fingerprint density at radius 2 is 1.52 bits per heavy atom. The van der Waals surface area contributed by atoms with Crippen molar-refractivity contribution in [1.82, 2.24) is 19.5 Å². The molecular weight excluding hydrogens is 782 g/mol. The maximum absolute atomic E-state index is 13.2. The fraction of sp³-hybridized carbons (Fsp3) is 0.415. The number of nitrogens with one attached hydrogen (secondary N) is 2. The lowest BCUT2D eigenvalue weighted by atomic mass is 9.80. The molecule has 1 saturated heterocycles. The number of aromatic amines is 1. The zero-order valence-electron chi connectivity index (χ0n) is 34.1.